The molecule has 2 aromatic carbocycles. The number of rotatable bonds is 7. The highest BCUT2D eigenvalue weighted by Crippen LogP contribution is 2.22. The van der Waals surface area contributed by atoms with Gasteiger partial charge in [-0.2, -0.15) is 0 Å². The van der Waals surface area contributed by atoms with E-state index in [1.54, 1.807) is 35.2 Å². The molecule has 4 rings (SSSR count). The van der Waals surface area contributed by atoms with E-state index in [0.29, 0.717) is 30.0 Å². The Hall–Kier alpha value is -4.20. The minimum absolute atomic E-state index is 0.120. The van der Waals surface area contributed by atoms with E-state index in [1.165, 1.54) is 18.5 Å². The van der Waals surface area contributed by atoms with Gasteiger partial charge in [-0.05, 0) is 60.9 Å². The van der Waals surface area contributed by atoms with Crippen molar-refractivity contribution < 1.29 is 19.1 Å². The summed E-state index contributed by atoms with van der Waals surface area (Å²) in [5.41, 5.74) is 8.30. The first-order chi connectivity index (χ1) is 16.0. The number of primary amides is 1. The lowest BCUT2D eigenvalue weighted by Gasteiger charge is -2.26. The maximum absolute atomic E-state index is 12.7. The molecule has 3 N–H and O–H groups in total. The van der Waals surface area contributed by atoms with E-state index < -0.39 is 5.91 Å². The third-order valence-electron chi connectivity index (χ3n) is 5.35. The number of hydrogen-bond donors (Lipinski definition) is 2. The molecule has 0 radical (unpaired) electrons. The third kappa shape index (κ3) is 5.54. The summed E-state index contributed by atoms with van der Waals surface area (Å²) >= 11 is 0. The number of aromatic nitrogens is 1. The summed E-state index contributed by atoms with van der Waals surface area (Å²) in [6, 6.07) is 15.9. The summed E-state index contributed by atoms with van der Waals surface area (Å²) in [4.78, 5) is 41.8. The Balaban J connectivity index is 1.37. The lowest BCUT2D eigenvalue weighted by atomic mass is 10.1. The van der Waals surface area contributed by atoms with Crippen LogP contribution in [0.4, 0.5) is 11.4 Å². The topological polar surface area (TPSA) is 115 Å². The summed E-state index contributed by atoms with van der Waals surface area (Å²) in [6.07, 6.45) is 5.36. The quantitative estimate of drug-likeness (QED) is 0.579. The van der Waals surface area contributed by atoms with E-state index in [2.05, 4.69) is 10.3 Å². The van der Waals surface area contributed by atoms with Gasteiger partial charge < -0.3 is 20.7 Å². The van der Waals surface area contributed by atoms with Gasteiger partial charge in [-0.25, -0.2) is 0 Å². The monoisotopic (exact) mass is 444 g/mol. The zero-order valence-electron chi connectivity index (χ0n) is 18.0. The van der Waals surface area contributed by atoms with E-state index in [9.17, 15) is 14.4 Å². The van der Waals surface area contributed by atoms with Gasteiger partial charge in [-0.15, -0.1) is 0 Å². The summed E-state index contributed by atoms with van der Waals surface area (Å²) in [5, 5.41) is 2.88. The highest BCUT2D eigenvalue weighted by Gasteiger charge is 2.19. The first kappa shape index (κ1) is 22.0. The van der Waals surface area contributed by atoms with E-state index in [-0.39, 0.29) is 24.0 Å². The van der Waals surface area contributed by atoms with Crippen molar-refractivity contribution in [3.05, 3.63) is 83.7 Å². The van der Waals surface area contributed by atoms with Crippen LogP contribution in [0.25, 0.3) is 0 Å². The molecule has 1 aromatic heterocycles. The predicted octanol–water partition coefficient (Wildman–Crippen LogP) is 3.53. The molecule has 168 valence electrons. The fourth-order valence-electron chi connectivity index (χ4n) is 3.61. The van der Waals surface area contributed by atoms with Gasteiger partial charge >= 0.3 is 0 Å². The van der Waals surface area contributed by atoms with Crippen molar-refractivity contribution in [1.29, 1.82) is 0 Å². The van der Waals surface area contributed by atoms with Crippen LogP contribution < -0.4 is 20.7 Å². The summed E-state index contributed by atoms with van der Waals surface area (Å²) in [5.74, 6) is -0.279. The Morgan fingerprint density at radius 3 is 2.61 bits per heavy atom. The fourth-order valence-corrected chi connectivity index (χ4v) is 3.61. The molecule has 2 heterocycles. The molecule has 0 unspecified atom stereocenters. The molecule has 0 atom stereocenters. The molecular formula is C25H24N4O4. The van der Waals surface area contributed by atoms with Gasteiger partial charge in [0, 0.05) is 36.1 Å². The number of benzene rings is 2. The molecular weight excluding hydrogens is 420 g/mol. The maximum atomic E-state index is 12.7. The Morgan fingerprint density at radius 1 is 1.03 bits per heavy atom. The minimum Gasteiger partial charge on any atom is -0.487 e. The molecule has 33 heavy (non-hydrogen) atoms. The van der Waals surface area contributed by atoms with E-state index >= 15 is 0 Å². The summed E-state index contributed by atoms with van der Waals surface area (Å²) in [6.45, 7) is 0.939. The Morgan fingerprint density at radius 2 is 1.85 bits per heavy atom. The SMILES string of the molecule is NC(=O)c1cncc(OCc2cccc(NC(=O)c3ccc(N4CCCCC4=O)cc3)c2)c1. The standard InChI is InChI=1S/C25H24N4O4/c26-24(31)19-13-22(15-27-14-19)33-16-17-4-3-5-20(12-17)28-25(32)18-7-9-21(10-8-18)29-11-2-1-6-23(29)30/h3-5,7-10,12-15H,1-2,6,11,16H2,(H2,26,31)(H,28,32). The molecule has 8 nitrogen and oxygen atoms in total. The maximum Gasteiger partial charge on any atom is 0.255 e. The third-order valence-corrected chi connectivity index (χ3v) is 5.35. The van der Waals surface area contributed by atoms with Crippen LogP contribution in [0, 0.1) is 0 Å². The van der Waals surface area contributed by atoms with E-state index in [0.717, 1.165) is 24.1 Å². The second-order valence-corrected chi connectivity index (χ2v) is 7.77. The van der Waals surface area contributed by atoms with Gasteiger partial charge in [-0.3, -0.25) is 19.4 Å². The molecule has 3 amide bonds. The molecule has 0 aliphatic carbocycles. The summed E-state index contributed by atoms with van der Waals surface area (Å²) in [7, 11) is 0. The second-order valence-electron chi connectivity index (χ2n) is 7.77. The zero-order valence-corrected chi connectivity index (χ0v) is 18.0. The average molecular weight is 444 g/mol. The van der Waals surface area contributed by atoms with Crippen LogP contribution in [-0.4, -0.2) is 29.3 Å². The number of carbonyl (C=O) groups excluding carboxylic acids is 3. The van der Waals surface area contributed by atoms with Crippen molar-refractivity contribution in [2.24, 2.45) is 5.73 Å². The van der Waals surface area contributed by atoms with Crippen molar-refractivity contribution in [3.8, 4) is 5.75 Å². The number of piperidine rings is 1. The van der Waals surface area contributed by atoms with Gasteiger partial charge in [0.25, 0.3) is 5.91 Å². The van der Waals surface area contributed by atoms with E-state index in [1.807, 2.05) is 18.2 Å². The molecule has 3 aromatic rings. The largest absolute Gasteiger partial charge is 0.487 e. The molecule has 0 bridgehead atoms. The van der Waals surface area contributed by atoms with Crippen LogP contribution in [0.15, 0.2) is 67.0 Å². The van der Waals surface area contributed by atoms with Crippen molar-refractivity contribution >= 4 is 29.1 Å². The molecule has 8 heteroatoms. The van der Waals surface area contributed by atoms with Crippen molar-refractivity contribution in [2.75, 3.05) is 16.8 Å². The summed E-state index contributed by atoms with van der Waals surface area (Å²) < 4.78 is 5.69. The van der Waals surface area contributed by atoms with Gasteiger partial charge in [0.15, 0.2) is 0 Å². The van der Waals surface area contributed by atoms with Gasteiger partial charge in [0.2, 0.25) is 11.8 Å². The Labute approximate surface area is 191 Å². The number of anilines is 2. The number of pyridine rings is 1. The number of hydrogen-bond acceptors (Lipinski definition) is 5. The molecule has 1 saturated heterocycles. The van der Waals surface area contributed by atoms with Gasteiger partial charge in [0.05, 0.1) is 11.8 Å². The highest BCUT2D eigenvalue weighted by molar-refractivity contribution is 6.04. The number of amides is 3. The van der Waals surface area contributed by atoms with Crippen molar-refractivity contribution in [3.63, 3.8) is 0 Å². The van der Waals surface area contributed by atoms with Crippen molar-refractivity contribution in [2.45, 2.75) is 25.9 Å². The van der Waals surface area contributed by atoms with E-state index in [4.69, 9.17) is 10.5 Å². The highest BCUT2D eigenvalue weighted by atomic mass is 16.5. The number of nitrogens with zero attached hydrogens (tertiary/aromatic N) is 2. The molecule has 1 aliphatic heterocycles. The lowest BCUT2D eigenvalue weighted by molar-refractivity contribution is -0.119. The fraction of sp³-hybridized carbons (Fsp3) is 0.200. The number of nitrogens with two attached hydrogens (primary N) is 1. The molecule has 1 fully saturated rings. The number of nitrogens with one attached hydrogen (secondary N) is 1. The van der Waals surface area contributed by atoms with Crippen LogP contribution in [-0.2, 0) is 11.4 Å². The predicted molar refractivity (Wildman–Crippen MR) is 124 cm³/mol. The second kappa shape index (κ2) is 9.95. The smallest absolute Gasteiger partial charge is 0.255 e. The first-order valence-electron chi connectivity index (χ1n) is 10.7. The minimum atomic E-state index is -0.576. The lowest BCUT2D eigenvalue weighted by Crippen LogP contribution is -2.35. The Bertz CT molecular complexity index is 1180. The van der Waals surface area contributed by atoms with Crippen LogP contribution in [0.3, 0.4) is 0 Å². The van der Waals surface area contributed by atoms with Gasteiger partial charge in [-0.1, -0.05) is 12.1 Å². The first-order valence-corrected chi connectivity index (χ1v) is 10.7. The van der Waals surface area contributed by atoms with Crippen LogP contribution in [0.5, 0.6) is 5.75 Å². The molecule has 0 saturated carbocycles. The Kier molecular flexibility index (Phi) is 6.64. The van der Waals surface area contributed by atoms with Gasteiger partial charge in [0.1, 0.15) is 12.4 Å². The number of ether oxygens (including phenoxy) is 1. The van der Waals surface area contributed by atoms with Crippen LogP contribution >= 0.6 is 0 Å². The average Bonchev–Trinajstić information content (AvgIpc) is 2.83. The number of carbonyl (C=O) groups is 3. The molecule has 0 spiro atoms. The van der Waals surface area contributed by atoms with Crippen LogP contribution in [0.1, 0.15) is 45.5 Å². The zero-order chi connectivity index (χ0) is 23.2. The molecule has 1 aliphatic rings. The normalized spacial score (nSPS) is 13.5. The van der Waals surface area contributed by atoms with Crippen molar-refractivity contribution in [1.82, 2.24) is 4.98 Å². The van der Waals surface area contributed by atoms with Crippen LogP contribution in [0.2, 0.25) is 0 Å².